The van der Waals surface area contributed by atoms with Gasteiger partial charge in [0.1, 0.15) is 0 Å². The number of hydrogen-bond acceptors (Lipinski definition) is 4. The fourth-order valence-corrected chi connectivity index (χ4v) is 2.03. The van der Waals surface area contributed by atoms with E-state index in [1.807, 2.05) is 31.2 Å². The van der Waals surface area contributed by atoms with E-state index in [1.165, 1.54) is 12.7 Å². The van der Waals surface area contributed by atoms with Crippen LogP contribution in [0.5, 0.6) is 0 Å². The van der Waals surface area contributed by atoms with E-state index in [1.54, 1.807) is 24.3 Å². The van der Waals surface area contributed by atoms with Gasteiger partial charge in [-0.3, -0.25) is 4.79 Å². The number of aryl methyl sites for hydroxylation is 1. The molecule has 0 aliphatic heterocycles. The van der Waals surface area contributed by atoms with Gasteiger partial charge in [0.2, 0.25) is 5.91 Å². The molecule has 0 aliphatic carbocycles. The number of carbonyl (C=O) groups excluding carboxylic acids is 2. The molecular formula is C18H20N2O3. The minimum absolute atomic E-state index is 0.117. The molecular weight excluding hydrogens is 292 g/mol. The summed E-state index contributed by atoms with van der Waals surface area (Å²) in [6.45, 7) is 2.65. The first-order valence-electron chi connectivity index (χ1n) is 7.33. The first-order valence-corrected chi connectivity index (χ1v) is 7.33. The number of nitrogens with one attached hydrogen (secondary N) is 2. The van der Waals surface area contributed by atoms with E-state index in [2.05, 4.69) is 15.4 Å². The smallest absolute Gasteiger partial charge is 0.337 e. The molecule has 2 N–H and O–H groups in total. The second kappa shape index (κ2) is 7.98. The lowest BCUT2D eigenvalue weighted by molar-refractivity contribution is -0.119. The Morgan fingerprint density at radius 3 is 2.52 bits per heavy atom. The number of ether oxygens (including phenoxy) is 1. The van der Waals surface area contributed by atoms with Crippen LogP contribution in [0.2, 0.25) is 0 Å². The lowest BCUT2D eigenvalue weighted by atomic mass is 10.1. The van der Waals surface area contributed by atoms with Crippen molar-refractivity contribution in [3.05, 3.63) is 65.2 Å². The molecule has 5 heteroatoms. The van der Waals surface area contributed by atoms with E-state index in [-0.39, 0.29) is 12.5 Å². The minimum Gasteiger partial charge on any atom is -0.465 e. The molecule has 0 atom stereocenters. The highest BCUT2D eigenvalue weighted by atomic mass is 16.5. The number of benzene rings is 2. The molecule has 0 saturated carbocycles. The van der Waals surface area contributed by atoms with Gasteiger partial charge in [-0.05, 0) is 30.7 Å². The van der Waals surface area contributed by atoms with Crippen LogP contribution < -0.4 is 10.6 Å². The molecule has 0 unspecified atom stereocenters. The molecule has 2 aromatic carbocycles. The molecule has 23 heavy (non-hydrogen) atoms. The van der Waals surface area contributed by atoms with Crippen LogP contribution in [0.4, 0.5) is 5.69 Å². The SMILES string of the molecule is COC(=O)c1cccc(NCC(=O)NCc2ccc(C)cc2)c1. The van der Waals surface area contributed by atoms with E-state index < -0.39 is 5.97 Å². The Hall–Kier alpha value is -2.82. The van der Waals surface area contributed by atoms with Crippen molar-refractivity contribution in [3.63, 3.8) is 0 Å². The number of amides is 1. The van der Waals surface area contributed by atoms with Crippen LogP contribution >= 0.6 is 0 Å². The van der Waals surface area contributed by atoms with E-state index in [0.29, 0.717) is 17.8 Å². The van der Waals surface area contributed by atoms with E-state index in [4.69, 9.17) is 0 Å². The summed E-state index contributed by atoms with van der Waals surface area (Å²) >= 11 is 0. The molecule has 0 bridgehead atoms. The van der Waals surface area contributed by atoms with Gasteiger partial charge in [0.25, 0.3) is 0 Å². The molecule has 0 spiro atoms. The van der Waals surface area contributed by atoms with Crippen LogP contribution in [-0.2, 0) is 16.1 Å². The lowest BCUT2D eigenvalue weighted by Gasteiger charge is -2.09. The third-order valence-electron chi connectivity index (χ3n) is 3.35. The maximum Gasteiger partial charge on any atom is 0.337 e. The summed E-state index contributed by atoms with van der Waals surface area (Å²) in [5.41, 5.74) is 3.37. The highest BCUT2D eigenvalue weighted by molar-refractivity contribution is 5.90. The summed E-state index contributed by atoms with van der Waals surface area (Å²) in [7, 11) is 1.33. The lowest BCUT2D eigenvalue weighted by Crippen LogP contribution is -2.29. The molecule has 0 saturated heterocycles. The average Bonchev–Trinajstić information content (AvgIpc) is 2.59. The predicted octanol–water partition coefficient (Wildman–Crippen LogP) is 2.51. The monoisotopic (exact) mass is 312 g/mol. The van der Waals surface area contributed by atoms with Crippen LogP contribution in [0, 0.1) is 6.92 Å². The van der Waals surface area contributed by atoms with Crippen molar-refractivity contribution in [2.75, 3.05) is 19.0 Å². The molecule has 0 aliphatic rings. The van der Waals surface area contributed by atoms with Gasteiger partial charge in [0.15, 0.2) is 0 Å². The molecule has 0 fully saturated rings. The van der Waals surface area contributed by atoms with E-state index >= 15 is 0 Å². The van der Waals surface area contributed by atoms with Gasteiger partial charge in [0.05, 0.1) is 19.2 Å². The highest BCUT2D eigenvalue weighted by Gasteiger charge is 2.06. The van der Waals surface area contributed by atoms with Crippen LogP contribution in [0.1, 0.15) is 21.5 Å². The minimum atomic E-state index is -0.405. The third-order valence-corrected chi connectivity index (χ3v) is 3.35. The zero-order valence-electron chi connectivity index (χ0n) is 13.3. The van der Waals surface area contributed by atoms with Crippen molar-refractivity contribution in [2.24, 2.45) is 0 Å². The van der Waals surface area contributed by atoms with Gasteiger partial charge in [-0.25, -0.2) is 4.79 Å². The van der Waals surface area contributed by atoms with Gasteiger partial charge in [-0.2, -0.15) is 0 Å². The Labute approximate surface area is 135 Å². The molecule has 5 nitrogen and oxygen atoms in total. The molecule has 0 heterocycles. The summed E-state index contributed by atoms with van der Waals surface area (Å²) in [5, 5.41) is 5.83. The van der Waals surface area contributed by atoms with Gasteiger partial charge >= 0.3 is 5.97 Å². The Kier molecular flexibility index (Phi) is 5.74. The summed E-state index contributed by atoms with van der Waals surface area (Å²) < 4.78 is 4.67. The van der Waals surface area contributed by atoms with Crippen molar-refractivity contribution >= 4 is 17.6 Å². The van der Waals surface area contributed by atoms with Gasteiger partial charge < -0.3 is 15.4 Å². The molecule has 0 radical (unpaired) electrons. The Morgan fingerprint density at radius 2 is 1.83 bits per heavy atom. The van der Waals surface area contributed by atoms with Gasteiger partial charge in [0, 0.05) is 12.2 Å². The number of anilines is 1. The molecule has 120 valence electrons. The Balaban J connectivity index is 1.82. The Morgan fingerprint density at radius 1 is 1.09 bits per heavy atom. The second-order valence-electron chi connectivity index (χ2n) is 5.19. The zero-order valence-corrected chi connectivity index (χ0v) is 13.3. The third kappa shape index (κ3) is 5.14. The maximum absolute atomic E-state index is 11.9. The standard InChI is InChI=1S/C18H20N2O3/c1-13-6-8-14(9-7-13)11-20-17(21)12-19-16-5-3-4-15(10-16)18(22)23-2/h3-10,19H,11-12H2,1-2H3,(H,20,21). The number of carbonyl (C=O) groups is 2. The highest BCUT2D eigenvalue weighted by Crippen LogP contribution is 2.11. The van der Waals surface area contributed by atoms with Crippen LogP contribution in [0.25, 0.3) is 0 Å². The maximum atomic E-state index is 11.9. The van der Waals surface area contributed by atoms with Crippen molar-refractivity contribution in [1.82, 2.24) is 5.32 Å². The first kappa shape index (κ1) is 16.5. The van der Waals surface area contributed by atoms with E-state index in [9.17, 15) is 9.59 Å². The van der Waals surface area contributed by atoms with Crippen LogP contribution in [-0.4, -0.2) is 25.5 Å². The van der Waals surface area contributed by atoms with Crippen molar-refractivity contribution in [3.8, 4) is 0 Å². The topological polar surface area (TPSA) is 67.4 Å². The van der Waals surface area contributed by atoms with Crippen molar-refractivity contribution < 1.29 is 14.3 Å². The summed E-state index contributed by atoms with van der Waals surface area (Å²) in [4.78, 5) is 23.3. The number of methoxy groups -OCH3 is 1. The van der Waals surface area contributed by atoms with Crippen LogP contribution in [0.15, 0.2) is 48.5 Å². The molecule has 2 aromatic rings. The molecule has 1 amide bonds. The fraction of sp³-hybridized carbons (Fsp3) is 0.222. The Bertz CT molecular complexity index is 681. The van der Waals surface area contributed by atoms with Crippen molar-refractivity contribution in [1.29, 1.82) is 0 Å². The number of hydrogen-bond donors (Lipinski definition) is 2. The predicted molar refractivity (Wildman–Crippen MR) is 89.3 cm³/mol. The average molecular weight is 312 g/mol. The van der Waals surface area contributed by atoms with E-state index in [0.717, 1.165) is 5.56 Å². The number of esters is 1. The van der Waals surface area contributed by atoms with Crippen LogP contribution in [0.3, 0.4) is 0 Å². The largest absolute Gasteiger partial charge is 0.465 e. The second-order valence-corrected chi connectivity index (χ2v) is 5.19. The zero-order chi connectivity index (χ0) is 16.7. The summed E-state index contributed by atoms with van der Waals surface area (Å²) in [6, 6.07) is 14.8. The molecule has 0 aromatic heterocycles. The quantitative estimate of drug-likeness (QED) is 0.804. The summed E-state index contributed by atoms with van der Waals surface area (Å²) in [6.07, 6.45) is 0. The van der Waals surface area contributed by atoms with Crippen molar-refractivity contribution in [2.45, 2.75) is 13.5 Å². The fourth-order valence-electron chi connectivity index (χ4n) is 2.03. The first-order chi connectivity index (χ1) is 11.1. The summed E-state index contributed by atoms with van der Waals surface area (Å²) in [5.74, 6) is -0.522. The number of rotatable bonds is 6. The molecule has 2 rings (SSSR count). The normalized spacial score (nSPS) is 10.0. The van der Waals surface area contributed by atoms with Gasteiger partial charge in [-0.15, -0.1) is 0 Å². The van der Waals surface area contributed by atoms with Gasteiger partial charge in [-0.1, -0.05) is 35.9 Å².